The van der Waals surface area contributed by atoms with Gasteiger partial charge < -0.3 is 24.6 Å². The number of anilines is 4. The second kappa shape index (κ2) is 10.2. The van der Waals surface area contributed by atoms with Gasteiger partial charge in [0.15, 0.2) is 0 Å². The van der Waals surface area contributed by atoms with Gasteiger partial charge in [-0.25, -0.2) is 4.98 Å². The first-order chi connectivity index (χ1) is 16.9. The summed E-state index contributed by atoms with van der Waals surface area (Å²) in [6.07, 6.45) is 6.08. The fourth-order valence-electron chi connectivity index (χ4n) is 5.60. The number of aromatic nitrogens is 1. The number of hydrogen-bond acceptors (Lipinski definition) is 6. The van der Waals surface area contributed by atoms with E-state index in [2.05, 4.69) is 67.2 Å². The van der Waals surface area contributed by atoms with E-state index < -0.39 is 0 Å². The van der Waals surface area contributed by atoms with Crippen LogP contribution < -0.4 is 15.1 Å². The molecule has 2 atom stereocenters. The van der Waals surface area contributed by atoms with Crippen molar-refractivity contribution in [1.29, 1.82) is 0 Å². The average molecular weight is 479 g/mol. The predicted octanol–water partition coefficient (Wildman–Crippen LogP) is 5.27. The van der Waals surface area contributed by atoms with E-state index in [0.29, 0.717) is 13.2 Å². The quantitative estimate of drug-likeness (QED) is 0.646. The number of hydrogen-bond donors (Lipinski definition) is 1. The first kappa shape index (κ1) is 24.1. The Morgan fingerprint density at radius 2 is 1.97 bits per heavy atom. The number of amides is 1. The summed E-state index contributed by atoms with van der Waals surface area (Å²) in [5.74, 6) is 1.03. The number of rotatable bonds is 4. The van der Waals surface area contributed by atoms with Gasteiger partial charge in [0.2, 0.25) is 5.91 Å². The monoisotopic (exact) mass is 478 g/mol. The summed E-state index contributed by atoms with van der Waals surface area (Å²) in [6, 6.07) is 10.7. The molecule has 1 saturated carbocycles. The van der Waals surface area contributed by atoms with Crippen molar-refractivity contribution >= 4 is 28.8 Å². The first-order valence-electron chi connectivity index (χ1n) is 13.1. The van der Waals surface area contributed by atoms with Crippen molar-refractivity contribution in [3.05, 3.63) is 42.1 Å². The van der Waals surface area contributed by atoms with E-state index in [4.69, 9.17) is 9.47 Å². The van der Waals surface area contributed by atoms with Crippen LogP contribution in [0.5, 0.6) is 0 Å². The second-order valence-electron chi connectivity index (χ2n) is 10.6. The highest BCUT2D eigenvalue weighted by Crippen LogP contribution is 2.40. The fraction of sp³-hybridized carbons (Fsp3) is 0.571. The lowest BCUT2D eigenvalue weighted by atomic mass is 9.86. The number of nitrogens with one attached hydrogen (secondary N) is 1. The van der Waals surface area contributed by atoms with E-state index in [0.717, 1.165) is 60.7 Å². The summed E-state index contributed by atoms with van der Waals surface area (Å²) in [4.78, 5) is 23.0. The molecule has 0 unspecified atom stereocenters. The van der Waals surface area contributed by atoms with Crippen LogP contribution in [0.25, 0.3) is 0 Å². The van der Waals surface area contributed by atoms with Gasteiger partial charge in [-0.3, -0.25) is 4.79 Å². The molecule has 2 aliphatic heterocycles. The zero-order valence-corrected chi connectivity index (χ0v) is 21.4. The maximum absolute atomic E-state index is 14.0. The molecule has 7 heteroatoms. The van der Waals surface area contributed by atoms with Crippen LogP contribution in [0.15, 0.2) is 36.5 Å². The standard InChI is InChI=1S/C28H38N4O3/c1-18(2)35-24-10-7-21(8-11-24)28(33)32-16-22-6-5-13-29-27(22)30-25-12-9-23(14-26(25)32)31-15-20(4)34-17-19(31)3/h5-6,9,12-14,18-21,24H,7-8,10-11,15-17H2,1-4H3,(H,29,30)/t19-,20-,21?,24?/m0/s1. The Bertz CT molecular complexity index is 1050. The number of carbonyl (C=O) groups excluding carboxylic acids is 1. The van der Waals surface area contributed by atoms with Crippen LogP contribution in [0.2, 0.25) is 0 Å². The van der Waals surface area contributed by atoms with Crippen LogP contribution >= 0.6 is 0 Å². The molecule has 3 aliphatic rings. The van der Waals surface area contributed by atoms with Crippen molar-refractivity contribution < 1.29 is 14.3 Å². The molecule has 35 heavy (non-hydrogen) atoms. The minimum absolute atomic E-state index is 0.0130. The fourth-order valence-corrected chi connectivity index (χ4v) is 5.60. The Labute approximate surface area is 208 Å². The SMILES string of the molecule is CC(C)OC1CCC(C(=O)N2Cc3cccnc3Nc3ccc(N4C[C@H](C)OC[C@@H]4C)cc32)CC1. The summed E-state index contributed by atoms with van der Waals surface area (Å²) in [7, 11) is 0. The van der Waals surface area contributed by atoms with Crippen molar-refractivity contribution in [1.82, 2.24) is 4.98 Å². The van der Waals surface area contributed by atoms with Crippen LogP contribution in [0.3, 0.4) is 0 Å². The van der Waals surface area contributed by atoms with Crippen LogP contribution in [0.4, 0.5) is 22.9 Å². The van der Waals surface area contributed by atoms with Gasteiger partial charge in [-0.15, -0.1) is 0 Å². The van der Waals surface area contributed by atoms with Gasteiger partial charge in [0, 0.05) is 36.0 Å². The highest BCUT2D eigenvalue weighted by atomic mass is 16.5. The van der Waals surface area contributed by atoms with Crippen LogP contribution in [-0.2, 0) is 20.8 Å². The van der Waals surface area contributed by atoms with Crippen molar-refractivity contribution in [2.24, 2.45) is 5.92 Å². The molecule has 0 radical (unpaired) electrons. The van der Waals surface area contributed by atoms with Crippen LogP contribution in [0.1, 0.15) is 58.9 Å². The summed E-state index contributed by atoms with van der Waals surface area (Å²) < 4.78 is 11.9. The third kappa shape index (κ3) is 5.16. The summed E-state index contributed by atoms with van der Waals surface area (Å²) in [5.41, 5.74) is 4.01. The van der Waals surface area contributed by atoms with Crippen LogP contribution in [-0.4, -0.2) is 48.4 Å². The largest absolute Gasteiger partial charge is 0.376 e. The number of carbonyl (C=O) groups is 1. The molecule has 1 amide bonds. The molecule has 1 saturated heterocycles. The Balaban J connectivity index is 1.45. The van der Waals surface area contributed by atoms with E-state index in [1.807, 2.05) is 11.0 Å². The zero-order chi connectivity index (χ0) is 24.5. The van der Waals surface area contributed by atoms with Gasteiger partial charge in [-0.05, 0) is 77.6 Å². The van der Waals surface area contributed by atoms with Gasteiger partial charge in [-0.1, -0.05) is 6.07 Å². The molecule has 5 rings (SSSR count). The smallest absolute Gasteiger partial charge is 0.230 e. The van der Waals surface area contributed by atoms with Crippen molar-refractivity contribution in [2.45, 2.75) is 84.3 Å². The molecular formula is C28H38N4O3. The molecule has 1 N–H and O–H groups in total. The summed E-state index contributed by atoms with van der Waals surface area (Å²) >= 11 is 0. The maximum Gasteiger partial charge on any atom is 0.230 e. The van der Waals surface area contributed by atoms with E-state index in [1.54, 1.807) is 6.20 Å². The van der Waals surface area contributed by atoms with Crippen molar-refractivity contribution in [3.63, 3.8) is 0 Å². The molecule has 1 aromatic heterocycles. The Morgan fingerprint density at radius 3 is 2.74 bits per heavy atom. The molecule has 2 aromatic rings. The van der Waals surface area contributed by atoms with E-state index >= 15 is 0 Å². The third-order valence-electron chi connectivity index (χ3n) is 7.44. The van der Waals surface area contributed by atoms with Crippen LogP contribution in [0, 0.1) is 5.92 Å². The molecule has 1 aliphatic carbocycles. The van der Waals surface area contributed by atoms with E-state index in [1.165, 1.54) is 0 Å². The molecule has 7 nitrogen and oxygen atoms in total. The van der Waals surface area contributed by atoms with Gasteiger partial charge in [0.05, 0.1) is 42.8 Å². The normalized spacial score (nSPS) is 26.5. The van der Waals surface area contributed by atoms with Gasteiger partial charge in [0.25, 0.3) is 0 Å². The predicted molar refractivity (Wildman–Crippen MR) is 139 cm³/mol. The number of morpholine rings is 1. The zero-order valence-electron chi connectivity index (χ0n) is 21.4. The Kier molecular flexibility index (Phi) is 6.98. The van der Waals surface area contributed by atoms with E-state index in [-0.39, 0.29) is 36.2 Å². The second-order valence-corrected chi connectivity index (χ2v) is 10.6. The Hall–Kier alpha value is -2.64. The summed E-state index contributed by atoms with van der Waals surface area (Å²) in [5, 5.41) is 3.50. The molecule has 3 heterocycles. The van der Waals surface area contributed by atoms with Gasteiger partial charge >= 0.3 is 0 Å². The average Bonchev–Trinajstić information content (AvgIpc) is 3.01. The minimum Gasteiger partial charge on any atom is -0.376 e. The third-order valence-corrected chi connectivity index (χ3v) is 7.44. The molecule has 0 spiro atoms. The number of fused-ring (bicyclic) bond motifs is 2. The minimum atomic E-state index is 0.0130. The van der Waals surface area contributed by atoms with Crippen molar-refractivity contribution in [3.8, 4) is 0 Å². The first-order valence-corrected chi connectivity index (χ1v) is 13.1. The number of nitrogens with zero attached hydrogens (tertiary/aromatic N) is 3. The van der Waals surface area contributed by atoms with Gasteiger partial charge in [0.1, 0.15) is 5.82 Å². The van der Waals surface area contributed by atoms with Crippen molar-refractivity contribution in [2.75, 3.05) is 28.3 Å². The lowest BCUT2D eigenvalue weighted by molar-refractivity contribution is -0.124. The summed E-state index contributed by atoms with van der Waals surface area (Å²) in [6.45, 7) is 10.5. The molecule has 0 bridgehead atoms. The number of pyridine rings is 1. The highest BCUT2D eigenvalue weighted by Gasteiger charge is 2.34. The maximum atomic E-state index is 14.0. The molecule has 1 aromatic carbocycles. The molecule has 2 fully saturated rings. The number of ether oxygens (including phenoxy) is 2. The lowest BCUT2D eigenvalue weighted by Crippen LogP contribution is -2.47. The highest BCUT2D eigenvalue weighted by molar-refractivity contribution is 6.00. The molecular weight excluding hydrogens is 440 g/mol. The number of benzene rings is 1. The molecule has 188 valence electrons. The van der Waals surface area contributed by atoms with Gasteiger partial charge in [-0.2, -0.15) is 0 Å². The van der Waals surface area contributed by atoms with E-state index in [9.17, 15) is 4.79 Å². The lowest BCUT2D eigenvalue weighted by Gasteiger charge is -2.39. The topological polar surface area (TPSA) is 66.9 Å². The Morgan fingerprint density at radius 1 is 1.17 bits per heavy atom.